The van der Waals surface area contributed by atoms with Crippen LogP contribution in [0.25, 0.3) is 32.6 Å². The molecular formula is C27H14F2N2O2S. The van der Waals surface area contributed by atoms with Crippen LogP contribution in [0.5, 0.6) is 0 Å². The number of carbonyl (C=O) groups excluding carboxylic acids is 2. The number of benzene rings is 3. The van der Waals surface area contributed by atoms with Gasteiger partial charge in [-0.05, 0) is 42.0 Å². The Labute approximate surface area is 196 Å². The van der Waals surface area contributed by atoms with Crippen molar-refractivity contribution in [1.29, 1.82) is 0 Å². The molecule has 164 valence electrons. The van der Waals surface area contributed by atoms with Gasteiger partial charge in [-0.1, -0.05) is 48.5 Å². The average Bonchev–Trinajstić information content (AvgIpc) is 3.49. The number of nitrogens with zero attached hydrogens (tertiary/aromatic N) is 2. The third-order valence-corrected chi connectivity index (χ3v) is 6.84. The van der Waals surface area contributed by atoms with Gasteiger partial charge in [-0.25, -0.2) is 13.8 Å². The molecule has 2 aromatic heterocycles. The standard InChI is InChI=1S/C27H14F2N2O2S/c28-18-11-12-19(29)24-23(18)25(32)17(26(24)33)13-22-30-27-20(31(22)16-9-5-2-6-10-16)14-21(34-27)15-7-3-1-4-8-15/h1-14H. The number of carbonyl (C=O) groups is 2. The number of thiophene rings is 1. The maximum Gasteiger partial charge on any atom is 0.200 e. The fourth-order valence-corrected chi connectivity index (χ4v) is 5.23. The monoisotopic (exact) mass is 468 g/mol. The summed E-state index contributed by atoms with van der Waals surface area (Å²) < 4.78 is 30.4. The first kappa shape index (κ1) is 20.4. The zero-order chi connectivity index (χ0) is 23.4. The average molecular weight is 468 g/mol. The third kappa shape index (κ3) is 3.05. The van der Waals surface area contributed by atoms with E-state index in [0.29, 0.717) is 10.7 Å². The minimum Gasteiger partial charge on any atom is -0.292 e. The molecule has 0 bridgehead atoms. The van der Waals surface area contributed by atoms with Crippen LogP contribution in [-0.2, 0) is 0 Å². The molecule has 34 heavy (non-hydrogen) atoms. The van der Waals surface area contributed by atoms with E-state index in [9.17, 15) is 18.4 Å². The molecule has 1 aliphatic rings. The predicted molar refractivity (Wildman–Crippen MR) is 127 cm³/mol. The van der Waals surface area contributed by atoms with Gasteiger partial charge < -0.3 is 0 Å². The molecule has 5 aromatic rings. The van der Waals surface area contributed by atoms with Crippen molar-refractivity contribution in [3.63, 3.8) is 0 Å². The zero-order valence-electron chi connectivity index (χ0n) is 17.5. The SMILES string of the molecule is O=C1C(=Cc2nc3sc(-c4ccccc4)cc3n2-c2ccccc2)C(=O)c2c(F)ccc(F)c21. The number of hydrogen-bond donors (Lipinski definition) is 0. The van der Waals surface area contributed by atoms with Gasteiger partial charge in [-0.3, -0.25) is 14.2 Å². The molecule has 0 fully saturated rings. The van der Waals surface area contributed by atoms with E-state index in [1.165, 1.54) is 17.4 Å². The Morgan fingerprint density at radius 1 is 0.794 bits per heavy atom. The van der Waals surface area contributed by atoms with Crippen molar-refractivity contribution >= 4 is 39.3 Å². The number of hydrogen-bond acceptors (Lipinski definition) is 4. The fraction of sp³-hybridized carbons (Fsp3) is 0. The quantitative estimate of drug-likeness (QED) is 0.225. The Hall–Kier alpha value is -4.23. The number of Topliss-reactive ketones (excluding diaryl/α,β-unsaturated/α-hetero) is 2. The molecule has 0 unspecified atom stereocenters. The zero-order valence-corrected chi connectivity index (χ0v) is 18.3. The first-order valence-electron chi connectivity index (χ1n) is 10.4. The summed E-state index contributed by atoms with van der Waals surface area (Å²) in [7, 11) is 0. The highest BCUT2D eigenvalue weighted by molar-refractivity contribution is 7.21. The summed E-state index contributed by atoms with van der Waals surface area (Å²) in [5, 5.41) is 0. The molecule has 0 aliphatic heterocycles. The Morgan fingerprint density at radius 3 is 2.00 bits per heavy atom. The van der Waals surface area contributed by atoms with E-state index in [2.05, 4.69) is 4.98 Å². The topological polar surface area (TPSA) is 52.0 Å². The van der Waals surface area contributed by atoms with Crippen molar-refractivity contribution in [2.45, 2.75) is 0 Å². The van der Waals surface area contributed by atoms with Crippen molar-refractivity contribution in [2.24, 2.45) is 0 Å². The summed E-state index contributed by atoms with van der Waals surface area (Å²) in [5.41, 5.74) is 1.27. The first-order valence-corrected chi connectivity index (χ1v) is 11.3. The van der Waals surface area contributed by atoms with Gasteiger partial charge in [-0.15, -0.1) is 11.3 Å². The number of halogens is 2. The van der Waals surface area contributed by atoms with Crippen LogP contribution in [0.4, 0.5) is 8.78 Å². The van der Waals surface area contributed by atoms with Crippen LogP contribution in [0.3, 0.4) is 0 Å². The second-order valence-electron chi connectivity index (χ2n) is 7.80. The molecule has 0 saturated carbocycles. The van der Waals surface area contributed by atoms with Crippen LogP contribution in [-0.4, -0.2) is 21.1 Å². The van der Waals surface area contributed by atoms with Crippen LogP contribution in [0.1, 0.15) is 26.5 Å². The summed E-state index contributed by atoms with van der Waals surface area (Å²) in [5.74, 6) is -3.19. The van der Waals surface area contributed by atoms with Gasteiger partial charge in [-0.2, -0.15) is 0 Å². The van der Waals surface area contributed by atoms with Crippen molar-refractivity contribution in [3.05, 3.63) is 113 Å². The van der Waals surface area contributed by atoms with E-state index in [1.807, 2.05) is 71.3 Å². The minimum atomic E-state index is -0.918. The third-order valence-electron chi connectivity index (χ3n) is 5.77. The van der Waals surface area contributed by atoms with Crippen LogP contribution >= 0.6 is 11.3 Å². The number of ketones is 2. The normalized spacial score (nSPS) is 13.1. The van der Waals surface area contributed by atoms with Crippen molar-refractivity contribution in [3.8, 4) is 16.1 Å². The maximum absolute atomic E-state index is 14.3. The highest BCUT2D eigenvalue weighted by Crippen LogP contribution is 2.37. The van der Waals surface area contributed by atoms with Gasteiger partial charge in [0.05, 0.1) is 22.2 Å². The van der Waals surface area contributed by atoms with Crippen molar-refractivity contribution in [1.82, 2.24) is 9.55 Å². The number of fused-ring (bicyclic) bond motifs is 2. The van der Waals surface area contributed by atoms with Crippen molar-refractivity contribution < 1.29 is 18.4 Å². The van der Waals surface area contributed by atoms with Gasteiger partial charge >= 0.3 is 0 Å². The Kier molecular flexibility index (Phi) is 4.60. The molecule has 0 radical (unpaired) electrons. The van der Waals surface area contributed by atoms with E-state index >= 15 is 0 Å². The number of aromatic nitrogens is 2. The molecule has 3 aromatic carbocycles. The number of allylic oxidation sites excluding steroid dienone is 1. The number of rotatable bonds is 3. The molecule has 7 heteroatoms. The summed E-state index contributed by atoms with van der Waals surface area (Å²) in [6, 6.07) is 23.0. The lowest BCUT2D eigenvalue weighted by atomic mass is 10.1. The smallest absolute Gasteiger partial charge is 0.200 e. The maximum atomic E-state index is 14.3. The molecule has 0 N–H and O–H groups in total. The molecular weight excluding hydrogens is 454 g/mol. The van der Waals surface area contributed by atoms with Gasteiger partial charge in [0.1, 0.15) is 22.3 Å². The van der Waals surface area contributed by atoms with Crippen LogP contribution in [0.15, 0.2) is 84.4 Å². The lowest BCUT2D eigenvalue weighted by molar-refractivity contribution is 0.0988. The van der Waals surface area contributed by atoms with Crippen LogP contribution in [0.2, 0.25) is 0 Å². The highest BCUT2D eigenvalue weighted by Gasteiger charge is 2.38. The Bertz CT molecular complexity index is 1610. The molecule has 0 amide bonds. The van der Waals surface area contributed by atoms with Crippen LogP contribution < -0.4 is 0 Å². The van der Waals surface area contributed by atoms with Gasteiger partial charge in [0, 0.05) is 10.6 Å². The number of para-hydroxylation sites is 1. The van der Waals surface area contributed by atoms with Gasteiger partial charge in [0.25, 0.3) is 0 Å². The summed E-state index contributed by atoms with van der Waals surface area (Å²) in [6.07, 6.45) is 1.32. The summed E-state index contributed by atoms with van der Waals surface area (Å²) >= 11 is 1.48. The van der Waals surface area contributed by atoms with E-state index in [0.717, 1.165) is 33.8 Å². The lowest BCUT2D eigenvalue weighted by Gasteiger charge is -2.07. The predicted octanol–water partition coefficient (Wildman–Crippen LogP) is 6.49. The highest BCUT2D eigenvalue weighted by atomic mass is 32.1. The Balaban J connectivity index is 1.55. The van der Waals surface area contributed by atoms with Crippen LogP contribution in [0, 0.1) is 11.6 Å². The Morgan fingerprint density at radius 2 is 1.38 bits per heavy atom. The molecule has 0 saturated heterocycles. The molecule has 1 aliphatic carbocycles. The molecule has 6 rings (SSSR count). The van der Waals surface area contributed by atoms with E-state index in [4.69, 9.17) is 0 Å². The van der Waals surface area contributed by atoms with Gasteiger partial charge in [0.15, 0.2) is 0 Å². The number of imidazole rings is 1. The largest absolute Gasteiger partial charge is 0.292 e. The van der Waals surface area contributed by atoms with E-state index in [-0.39, 0.29) is 5.57 Å². The first-order chi connectivity index (χ1) is 16.5. The lowest BCUT2D eigenvalue weighted by Crippen LogP contribution is -2.04. The molecule has 4 nitrogen and oxygen atoms in total. The molecule has 0 spiro atoms. The van der Waals surface area contributed by atoms with Gasteiger partial charge in [0.2, 0.25) is 11.6 Å². The van der Waals surface area contributed by atoms with E-state index in [1.54, 1.807) is 0 Å². The summed E-state index contributed by atoms with van der Waals surface area (Å²) in [4.78, 5) is 32.2. The van der Waals surface area contributed by atoms with Crippen molar-refractivity contribution in [2.75, 3.05) is 0 Å². The minimum absolute atomic E-state index is 0.308. The molecule has 0 atom stereocenters. The molecule has 2 heterocycles. The summed E-state index contributed by atoms with van der Waals surface area (Å²) in [6.45, 7) is 0. The van der Waals surface area contributed by atoms with E-state index < -0.39 is 34.3 Å². The second kappa shape index (κ2) is 7.67. The second-order valence-corrected chi connectivity index (χ2v) is 8.83. The fourth-order valence-electron chi connectivity index (χ4n) is 4.21.